The average molecular weight is 437 g/mol. The predicted molar refractivity (Wildman–Crippen MR) is 128 cm³/mol. The minimum absolute atomic E-state index is 0.128. The zero-order valence-corrected chi connectivity index (χ0v) is 19.2. The van der Waals surface area contributed by atoms with Gasteiger partial charge in [-0.25, -0.2) is 0 Å². The summed E-state index contributed by atoms with van der Waals surface area (Å²) in [4.78, 5) is 15.6. The first-order valence-electron chi connectivity index (χ1n) is 11.3. The molecule has 4 rings (SSSR count). The zero-order chi connectivity index (χ0) is 22.5. The standard InChI is InChI=1S/C26H32N2O4/c1-27-23-18-21(30-2)12-13-22(23)25(29)26(31-3)24(27)19-8-10-20(11-9-19)32-17-7-16-28-14-5-4-6-15-28/h8-13,18H,4-7,14-17H2,1-3H3. The van der Waals surface area contributed by atoms with E-state index >= 15 is 0 Å². The third kappa shape index (κ3) is 4.60. The van der Waals surface area contributed by atoms with Crippen LogP contribution in [0.25, 0.3) is 22.2 Å². The first kappa shape index (κ1) is 22.2. The van der Waals surface area contributed by atoms with E-state index in [-0.39, 0.29) is 5.43 Å². The molecule has 1 aliphatic rings. The highest BCUT2D eigenvalue weighted by molar-refractivity contribution is 5.87. The number of aryl methyl sites for hydroxylation is 1. The van der Waals surface area contributed by atoms with Crippen molar-refractivity contribution >= 4 is 10.9 Å². The summed E-state index contributed by atoms with van der Waals surface area (Å²) < 4.78 is 18.8. The fourth-order valence-corrected chi connectivity index (χ4v) is 4.49. The molecule has 0 saturated carbocycles. The normalized spacial score (nSPS) is 14.5. The molecule has 0 aliphatic carbocycles. The molecule has 2 aromatic carbocycles. The summed E-state index contributed by atoms with van der Waals surface area (Å²) in [6.07, 6.45) is 5.02. The fraction of sp³-hybridized carbons (Fsp3) is 0.423. The number of nitrogens with zero attached hydrogens (tertiary/aromatic N) is 2. The van der Waals surface area contributed by atoms with Crippen molar-refractivity contribution in [1.82, 2.24) is 9.47 Å². The monoisotopic (exact) mass is 436 g/mol. The highest BCUT2D eigenvalue weighted by Gasteiger charge is 2.18. The Morgan fingerprint density at radius 2 is 1.62 bits per heavy atom. The maximum Gasteiger partial charge on any atom is 0.231 e. The molecule has 0 N–H and O–H groups in total. The van der Waals surface area contributed by atoms with Crippen LogP contribution in [0.2, 0.25) is 0 Å². The zero-order valence-electron chi connectivity index (χ0n) is 19.2. The molecular formula is C26H32N2O4. The number of hydrogen-bond donors (Lipinski definition) is 0. The molecule has 6 heteroatoms. The Labute approximate surface area is 189 Å². The molecular weight excluding hydrogens is 404 g/mol. The maximum absolute atomic E-state index is 13.1. The van der Waals surface area contributed by atoms with Crippen LogP contribution in [0.15, 0.2) is 47.3 Å². The fourth-order valence-electron chi connectivity index (χ4n) is 4.49. The second kappa shape index (κ2) is 10.1. The van der Waals surface area contributed by atoms with Crippen LogP contribution in [0.4, 0.5) is 0 Å². The van der Waals surface area contributed by atoms with Gasteiger partial charge in [-0.3, -0.25) is 4.79 Å². The van der Waals surface area contributed by atoms with Crippen LogP contribution in [0.3, 0.4) is 0 Å². The molecule has 1 fully saturated rings. The van der Waals surface area contributed by atoms with Gasteiger partial charge in [0.15, 0.2) is 5.75 Å². The van der Waals surface area contributed by atoms with Crippen LogP contribution >= 0.6 is 0 Å². The first-order valence-corrected chi connectivity index (χ1v) is 11.3. The number of rotatable bonds is 8. The first-order chi connectivity index (χ1) is 15.6. The largest absolute Gasteiger partial charge is 0.497 e. The Morgan fingerprint density at radius 3 is 2.31 bits per heavy atom. The molecule has 1 aliphatic heterocycles. The molecule has 3 aromatic rings. The molecule has 2 heterocycles. The Morgan fingerprint density at radius 1 is 0.906 bits per heavy atom. The summed E-state index contributed by atoms with van der Waals surface area (Å²) >= 11 is 0. The molecule has 0 radical (unpaired) electrons. The van der Waals surface area contributed by atoms with E-state index in [1.54, 1.807) is 19.2 Å². The molecule has 170 valence electrons. The molecule has 6 nitrogen and oxygen atoms in total. The maximum atomic E-state index is 13.1. The van der Waals surface area contributed by atoms with E-state index < -0.39 is 0 Å². The van der Waals surface area contributed by atoms with Crippen molar-refractivity contribution < 1.29 is 14.2 Å². The van der Waals surface area contributed by atoms with Gasteiger partial charge in [0.05, 0.1) is 32.0 Å². The van der Waals surface area contributed by atoms with Crippen LogP contribution in [-0.4, -0.2) is 49.9 Å². The number of piperidine rings is 1. The van der Waals surface area contributed by atoms with Gasteiger partial charge in [-0.1, -0.05) is 6.42 Å². The Hall–Kier alpha value is -2.99. The number of aromatic nitrogens is 1. The second-order valence-corrected chi connectivity index (χ2v) is 8.28. The summed E-state index contributed by atoms with van der Waals surface area (Å²) in [6, 6.07) is 13.3. The van der Waals surface area contributed by atoms with Crippen molar-refractivity contribution in [3.05, 3.63) is 52.7 Å². The number of hydrogen-bond acceptors (Lipinski definition) is 5. The van der Waals surface area contributed by atoms with Gasteiger partial charge in [0.2, 0.25) is 5.43 Å². The van der Waals surface area contributed by atoms with Crippen LogP contribution < -0.4 is 19.6 Å². The Kier molecular flexibility index (Phi) is 7.00. The van der Waals surface area contributed by atoms with E-state index in [2.05, 4.69) is 4.90 Å². The lowest BCUT2D eigenvalue weighted by Crippen LogP contribution is -2.31. The van der Waals surface area contributed by atoms with Gasteiger partial charge in [-0.2, -0.15) is 0 Å². The van der Waals surface area contributed by atoms with Crippen LogP contribution in [0.1, 0.15) is 25.7 Å². The van der Waals surface area contributed by atoms with Crippen molar-refractivity contribution in [1.29, 1.82) is 0 Å². The van der Waals surface area contributed by atoms with Gasteiger partial charge in [0.25, 0.3) is 0 Å². The molecule has 0 spiro atoms. The molecule has 0 bridgehead atoms. The van der Waals surface area contributed by atoms with Crippen LogP contribution in [0.5, 0.6) is 17.2 Å². The van der Waals surface area contributed by atoms with Gasteiger partial charge in [-0.05, 0) is 68.8 Å². The summed E-state index contributed by atoms with van der Waals surface area (Å²) in [5, 5.41) is 0.600. The minimum atomic E-state index is -0.128. The minimum Gasteiger partial charge on any atom is -0.497 e. The third-order valence-electron chi connectivity index (χ3n) is 6.24. The number of benzene rings is 2. The van der Waals surface area contributed by atoms with Crippen LogP contribution in [-0.2, 0) is 7.05 Å². The average Bonchev–Trinajstić information content (AvgIpc) is 2.84. The van der Waals surface area contributed by atoms with E-state index in [1.165, 1.54) is 39.5 Å². The second-order valence-electron chi connectivity index (χ2n) is 8.28. The van der Waals surface area contributed by atoms with Gasteiger partial charge in [0.1, 0.15) is 11.5 Å². The number of pyridine rings is 1. The summed E-state index contributed by atoms with van der Waals surface area (Å²) in [6.45, 7) is 4.23. The van der Waals surface area contributed by atoms with Gasteiger partial charge in [-0.15, -0.1) is 0 Å². The molecule has 1 saturated heterocycles. The van der Waals surface area contributed by atoms with Crippen LogP contribution in [0, 0.1) is 0 Å². The molecule has 0 amide bonds. The quantitative estimate of drug-likeness (QED) is 0.488. The predicted octanol–water partition coefficient (Wildman–Crippen LogP) is 4.48. The molecule has 0 unspecified atom stereocenters. The van der Waals surface area contributed by atoms with E-state index in [1.807, 2.05) is 41.9 Å². The van der Waals surface area contributed by atoms with E-state index in [0.29, 0.717) is 23.5 Å². The third-order valence-corrected chi connectivity index (χ3v) is 6.24. The summed E-state index contributed by atoms with van der Waals surface area (Å²) in [7, 11) is 5.09. The smallest absolute Gasteiger partial charge is 0.231 e. The topological polar surface area (TPSA) is 52.9 Å². The van der Waals surface area contributed by atoms with E-state index in [0.717, 1.165) is 35.5 Å². The van der Waals surface area contributed by atoms with Crippen molar-refractivity contribution in [3.63, 3.8) is 0 Å². The lowest BCUT2D eigenvalue weighted by atomic mass is 10.1. The molecule has 0 atom stereocenters. The summed E-state index contributed by atoms with van der Waals surface area (Å²) in [5.74, 6) is 1.87. The molecule has 32 heavy (non-hydrogen) atoms. The van der Waals surface area contributed by atoms with Gasteiger partial charge >= 0.3 is 0 Å². The number of likely N-dealkylation sites (tertiary alicyclic amines) is 1. The number of methoxy groups -OCH3 is 2. The lowest BCUT2D eigenvalue weighted by Gasteiger charge is -2.26. The van der Waals surface area contributed by atoms with E-state index in [9.17, 15) is 4.79 Å². The highest BCUT2D eigenvalue weighted by atomic mass is 16.5. The number of fused-ring (bicyclic) bond motifs is 1. The lowest BCUT2D eigenvalue weighted by molar-refractivity contribution is 0.205. The summed E-state index contributed by atoms with van der Waals surface area (Å²) in [5.41, 5.74) is 2.29. The van der Waals surface area contributed by atoms with Gasteiger partial charge in [0, 0.05) is 30.6 Å². The van der Waals surface area contributed by atoms with Crippen molar-refractivity contribution in [3.8, 4) is 28.5 Å². The van der Waals surface area contributed by atoms with E-state index in [4.69, 9.17) is 14.2 Å². The highest BCUT2D eigenvalue weighted by Crippen LogP contribution is 2.32. The number of ether oxygens (including phenoxy) is 3. The van der Waals surface area contributed by atoms with Crippen molar-refractivity contribution in [2.45, 2.75) is 25.7 Å². The molecule has 1 aromatic heterocycles. The van der Waals surface area contributed by atoms with Crippen molar-refractivity contribution in [2.75, 3.05) is 40.5 Å². The SMILES string of the molecule is COc1ccc2c(=O)c(OC)c(-c3ccc(OCCCN4CCCCC4)cc3)n(C)c2c1. The Balaban J connectivity index is 1.53. The Bertz CT molecular complexity index is 1120. The van der Waals surface area contributed by atoms with Gasteiger partial charge < -0.3 is 23.7 Å². The van der Waals surface area contributed by atoms with Crippen molar-refractivity contribution in [2.24, 2.45) is 7.05 Å².